The van der Waals surface area contributed by atoms with Crippen molar-refractivity contribution in [2.45, 2.75) is 81.1 Å². The van der Waals surface area contributed by atoms with E-state index in [2.05, 4.69) is 30.3 Å². The number of aromatic hydroxyl groups is 1. The Bertz CT molecular complexity index is 903. The summed E-state index contributed by atoms with van der Waals surface area (Å²) in [6, 6.07) is 4.14. The Labute approximate surface area is 190 Å². The molecule has 0 amide bonds. The summed E-state index contributed by atoms with van der Waals surface area (Å²) in [5.74, 6) is 0.827. The van der Waals surface area contributed by atoms with Gasteiger partial charge in [-0.2, -0.15) is 0 Å². The number of benzene rings is 1. The number of ether oxygens (including phenoxy) is 2. The van der Waals surface area contributed by atoms with Crippen molar-refractivity contribution in [1.29, 1.82) is 0 Å². The highest BCUT2D eigenvalue weighted by molar-refractivity contribution is 5.66. The molecule has 32 heavy (non-hydrogen) atoms. The first-order chi connectivity index (χ1) is 15.3. The summed E-state index contributed by atoms with van der Waals surface area (Å²) in [5, 5.41) is 23.2. The van der Waals surface area contributed by atoms with E-state index in [0.717, 1.165) is 37.3 Å². The van der Waals surface area contributed by atoms with E-state index < -0.39 is 17.0 Å². The Balaban J connectivity index is 1.52. The summed E-state index contributed by atoms with van der Waals surface area (Å²) in [7, 11) is 4.08. The van der Waals surface area contributed by atoms with Gasteiger partial charge in [-0.15, -0.1) is 0 Å². The Morgan fingerprint density at radius 3 is 2.81 bits per heavy atom. The molecule has 3 aliphatic carbocycles. The minimum absolute atomic E-state index is 0.0733. The van der Waals surface area contributed by atoms with Crippen LogP contribution >= 0.6 is 0 Å². The fourth-order valence-corrected chi connectivity index (χ4v) is 7.00. The summed E-state index contributed by atoms with van der Waals surface area (Å²) in [4.78, 5) is 13.4. The van der Waals surface area contributed by atoms with Crippen molar-refractivity contribution in [3.05, 3.63) is 23.3 Å². The molecule has 5 atom stereocenters. The standard InChI is InChI=1S/C25H36N2O5/c1-24-21-16-8-9-18(28)22(21)32-23(24)17(26-12-4-5-20(29)30)10-11-25(24,31-3)19(13-16)27(2)14-15-6-7-15/h8-9,15,17,19,23,26,28H,4-7,10-14H2,1-3H3,(H,29,30)/t17-,19?,23+,24?,25-/m1/s1. The number of nitrogens with zero attached hydrogens (tertiary/aromatic N) is 1. The second-order valence-corrected chi connectivity index (χ2v) is 10.5. The molecule has 0 aromatic heterocycles. The summed E-state index contributed by atoms with van der Waals surface area (Å²) < 4.78 is 13.1. The second-order valence-electron chi connectivity index (χ2n) is 10.5. The van der Waals surface area contributed by atoms with Gasteiger partial charge in [0.1, 0.15) is 6.10 Å². The topological polar surface area (TPSA) is 91.3 Å². The molecule has 0 bridgehead atoms. The maximum absolute atomic E-state index is 10.9. The van der Waals surface area contributed by atoms with Crippen molar-refractivity contribution < 1.29 is 24.5 Å². The second kappa shape index (κ2) is 7.89. The largest absolute Gasteiger partial charge is 0.504 e. The number of likely N-dealkylation sites (N-methyl/N-ethyl adjacent to an activating group) is 1. The van der Waals surface area contributed by atoms with Gasteiger partial charge in [0, 0.05) is 37.7 Å². The van der Waals surface area contributed by atoms with E-state index in [1.165, 1.54) is 18.4 Å². The average molecular weight is 445 g/mol. The van der Waals surface area contributed by atoms with Gasteiger partial charge >= 0.3 is 5.97 Å². The van der Waals surface area contributed by atoms with Crippen LogP contribution in [0.4, 0.5) is 0 Å². The van der Waals surface area contributed by atoms with Gasteiger partial charge in [0.05, 0.1) is 11.0 Å². The molecule has 4 aliphatic rings. The van der Waals surface area contributed by atoms with Gasteiger partial charge in [-0.3, -0.25) is 9.69 Å². The fraction of sp³-hybridized carbons (Fsp3) is 0.720. The first kappa shape index (κ1) is 22.0. The number of rotatable bonds is 9. The Morgan fingerprint density at radius 2 is 2.12 bits per heavy atom. The maximum atomic E-state index is 10.9. The highest BCUT2D eigenvalue weighted by Gasteiger charge is 2.70. The predicted octanol–water partition coefficient (Wildman–Crippen LogP) is 2.68. The maximum Gasteiger partial charge on any atom is 0.303 e. The number of carbonyl (C=O) groups is 1. The number of phenolic OH excluding ortho intramolecular Hbond substituents is 1. The van der Waals surface area contributed by atoms with Crippen LogP contribution in [0.15, 0.2) is 12.1 Å². The zero-order valence-corrected chi connectivity index (χ0v) is 19.4. The van der Waals surface area contributed by atoms with Crippen molar-refractivity contribution in [3.8, 4) is 11.5 Å². The molecule has 176 valence electrons. The van der Waals surface area contributed by atoms with Crippen LogP contribution in [0.5, 0.6) is 11.5 Å². The Morgan fingerprint density at radius 1 is 1.34 bits per heavy atom. The number of carboxylic acids is 1. The predicted molar refractivity (Wildman–Crippen MR) is 120 cm³/mol. The minimum atomic E-state index is -0.770. The zero-order chi connectivity index (χ0) is 22.7. The van der Waals surface area contributed by atoms with Crippen molar-refractivity contribution in [2.75, 3.05) is 27.2 Å². The van der Waals surface area contributed by atoms with Crippen LogP contribution in [0.2, 0.25) is 0 Å². The third kappa shape index (κ3) is 3.16. The molecule has 7 nitrogen and oxygen atoms in total. The van der Waals surface area contributed by atoms with E-state index in [0.29, 0.717) is 18.7 Å². The van der Waals surface area contributed by atoms with Gasteiger partial charge in [-0.25, -0.2) is 0 Å². The lowest BCUT2D eigenvalue weighted by Crippen LogP contribution is -2.74. The number of hydrogen-bond donors (Lipinski definition) is 3. The molecule has 1 aliphatic heterocycles. The summed E-state index contributed by atoms with van der Waals surface area (Å²) >= 11 is 0. The van der Waals surface area contributed by atoms with Crippen molar-refractivity contribution in [1.82, 2.24) is 10.2 Å². The molecular weight excluding hydrogens is 408 g/mol. The van der Waals surface area contributed by atoms with Gasteiger partial charge in [-0.05, 0) is 76.6 Å². The quantitative estimate of drug-likeness (QED) is 0.505. The Hall–Kier alpha value is -1.83. The number of carboxylic acid groups (broad SMARTS) is 1. The smallest absolute Gasteiger partial charge is 0.303 e. The Kier molecular flexibility index (Phi) is 5.42. The lowest BCUT2D eigenvalue weighted by molar-refractivity contribution is -0.174. The molecule has 0 radical (unpaired) electrons. The molecule has 0 spiro atoms. The van der Waals surface area contributed by atoms with Crippen LogP contribution in [0.25, 0.3) is 0 Å². The molecule has 0 saturated heterocycles. The summed E-state index contributed by atoms with van der Waals surface area (Å²) in [5.41, 5.74) is 1.54. The molecule has 1 aromatic carbocycles. The first-order valence-electron chi connectivity index (χ1n) is 12.0. The van der Waals surface area contributed by atoms with Crippen LogP contribution in [0, 0.1) is 5.92 Å². The average Bonchev–Trinajstić information content (AvgIpc) is 3.51. The van der Waals surface area contributed by atoms with Gasteiger partial charge in [0.25, 0.3) is 0 Å². The number of hydrogen-bond acceptors (Lipinski definition) is 6. The van der Waals surface area contributed by atoms with E-state index >= 15 is 0 Å². The number of nitrogens with one attached hydrogen (secondary N) is 1. The molecule has 5 rings (SSSR count). The highest BCUT2D eigenvalue weighted by atomic mass is 16.5. The zero-order valence-electron chi connectivity index (χ0n) is 19.4. The van der Waals surface area contributed by atoms with Crippen LogP contribution in [0.1, 0.15) is 56.6 Å². The van der Waals surface area contributed by atoms with E-state index in [1.54, 1.807) is 6.07 Å². The number of aliphatic carboxylic acids is 1. The number of phenols is 1. The third-order valence-corrected chi connectivity index (χ3v) is 8.69. The van der Waals surface area contributed by atoms with Crippen LogP contribution in [-0.2, 0) is 21.4 Å². The summed E-state index contributed by atoms with van der Waals surface area (Å²) in [6.45, 7) is 3.99. The molecule has 2 unspecified atom stereocenters. The van der Waals surface area contributed by atoms with E-state index in [4.69, 9.17) is 14.6 Å². The molecule has 2 fully saturated rings. The van der Waals surface area contributed by atoms with Crippen LogP contribution in [-0.4, -0.2) is 72.1 Å². The molecule has 1 aromatic rings. The third-order valence-electron chi connectivity index (χ3n) is 8.69. The van der Waals surface area contributed by atoms with Crippen molar-refractivity contribution in [2.24, 2.45) is 5.92 Å². The minimum Gasteiger partial charge on any atom is -0.504 e. The van der Waals surface area contributed by atoms with Gasteiger partial charge in [0.15, 0.2) is 11.5 Å². The lowest BCUT2D eigenvalue weighted by atomic mass is 9.51. The summed E-state index contributed by atoms with van der Waals surface area (Å²) in [6.07, 6.45) is 5.87. The van der Waals surface area contributed by atoms with Crippen molar-refractivity contribution in [3.63, 3.8) is 0 Å². The molecular formula is C25H36N2O5. The van der Waals surface area contributed by atoms with Gasteiger partial charge in [-0.1, -0.05) is 6.07 Å². The van der Waals surface area contributed by atoms with E-state index in [9.17, 15) is 9.90 Å². The molecule has 2 saturated carbocycles. The van der Waals surface area contributed by atoms with Crippen LogP contribution in [0.3, 0.4) is 0 Å². The van der Waals surface area contributed by atoms with Gasteiger partial charge < -0.3 is 25.0 Å². The SMILES string of the molecule is CO[C@@]12CC[C@@H](NCCCC(=O)O)[C@@H]3Oc4c(O)ccc(c4C31C)CC2N(C)CC1CC1. The highest BCUT2D eigenvalue weighted by Crippen LogP contribution is 2.63. The molecule has 7 heteroatoms. The monoisotopic (exact) mass is 444 g/mol. The number of methoxy groups -OCH3 is 1. The normalized spacial score (nSPS) is 34.9. The van der Waals surface area contributed by atoms with E-state index in [1.807, 2.05) is 7.11 Å². The fourth-order valence-electron chi connectivity index (χ4n) is 7.00. The van der Waals surface area contributed by atoms with Crippen LogP contribution < -0.4 is 10.1 Å². The molecule has 1 heterocycles. The van der Waals surface area contributed by atoms with Crippen molar-refractivity contribution >= 4 is 5.97 Å². The van der Waals surface area contributed by atoms with E-state index in [-0.39, 0.29) is 30.4 Å². The lowest BCUT2D eigenvalue weighted by Gasteiger charge is -2.61. The molecule has 3 N–H and O–H groups in total. The van der Waals surface area contributed by atoms with Gasteiger partial charge in [0.2, 0.25) is 0 Å². The first-order valence-corrected chi connectivity index (χ1v) is 12.0.